The van der Waals surface area contributed by atoms with E-state index in [-0.39, 0.29) is 6.10 Å². The van der Waals surface area contributed by atoms with Gasteiger partial charge in [0.2, 0.25) is 0 Å². The zero-order valence-corrected chi connectivity index (χ0v) is 11.6. The fourth-order valence-electron chi connectivity index (χ4n) is 2.72. The van der Waals surface area contributed by atoms with Crippen LogP contribution in [-0.2, 0) is 6.54 Å². The number of hydrogen-bond donors (Lipinski definition) is 1. The van der Waals surface area contributed by atoms with Crippen molar-refractivity contribution < 1.29 is 5.11 Å². The summed E-state index contributed by atoms with van der Waals surface area (Å²) >= 11 is 0. The maximum Gasteiger partial charge on any atom is 0.0552 e. The number of benzene rings is 1. The molecule has 0 saturated carbocycles. The van der Waals surface area contributed by atoms with Gasteiger partial charge in [-0.2, -0.15) is 0 Å². The highest BCUT2D eigenvalue weighted by molar-refractivity contribution is 5.52. The molecule has 1 aliphatic rings. The summed E-state index contributed by atoms with van der Waals surface area (Å²) in [6.07, 6.45) is 0.931. The Labute approximate surface area is 110 Å². The van der Waals surface area contributed by atoms with Gasteiger partial charge in [0.1, 0.15) is 0 Å². The molecule has 0 spiro atoms. The molecular weight excluding hydrogens is 224 g/mol. The lowest BCUT2D eigenvalue weighted by molar-refractivity contribution is 0.127. The highest BCUT2D eigenvalue weighted by atomic mass is 16.3. The van der Waals surface area contributed by atoms with Gasteiger partial charge < -0.3 is 10.0 Å². The molecule has 3 nitrogen and oxygen atoms in total. The summed E-state index contributed by atoms with van der Waals surface area (Å²) in [6.45, 7) is 5.00. The van der Waals surface area contributed by atoms with E-state index in [4.69, 9.17) is 0 Å². The van der Waals surface area contributed by atoms with Crippen LogP contribution in [0.1, 0.15) is 18.9 Å². The van der Waals surface area contributed by atoms with E-state index in [0.29, 0.717) is 5.92 Å². The summed E-state index contributed by atoms with van der Waals surface area (Å²) in [5, 5.41) is 9.64. The number of likely N-dealkylation sites (tertiary alicyclic amines) is 1. The lowest BCUT2D eigenvalue weighted by Crippen LogP contribution is -2.25. The third-order valence-electron chi connectivity index (χ3n) is 3.86. The zero-order valence-electron chi connectivity index (χ0n) is 11.6. The smallest absolute Gasteiger partial charge is 0.0552 e. The molecule has 1 aliphatic heterocycles. The molecule has 1 aromatic rings. The topological polar surface area (TPSA) is 26.7 Å². The van der Waals surface area contributed by atoms with Gasteiger partial charge >= 0.3 is 0 Å². The molecule has 2 rings (SSSR count). The van der Waals surface area contributed by atoms with E-state index in [1.165, 1.54) is 11.3 Å². The fourth-order valence-corrected chi connectivity index (χ4v) is 2.72. The van der Waals surface area contributed by atoms with Crippen molar-refractivity contribution >= 4 is 5.69 Å². The number of anilines is 1. The first-order valence-corrected chi connectivity index (χ1v) is 6.73. The Kier molecular flexibility index (Phi) is 4.25. The Morgan fingerprint density at radius 1 is 1.39 bits per heavy atom. The summed E-state index contributed by atoms with van der Waals surface area (Å²) in [4.78, 5) is 4.61. The van der Waals surface area contributed by atoms with Gasteiger partial charge in [0.15, 0.2) is 0 Å². The van der Waals surface area contributed by atoms with Gasteiger partial charge in [-0.3, -0.25) is 4.90 Å². The van der Waals surface area contributed by atoms with E-state index in [9.17, 15) is 5.11 Å². The molecule has 2 unspecified atom stereocenters. The molecule has 1 saturated heterocycles. The van der Waals surface area contributed by atoms with Crippen LogP contribution in [-0.4, -0.2) is 43.3 Å². The van der Waals surface area contributed by atoms with Crippen molar-refractivity contribution in [3.63, 3.8) is 0 Å². The van der Waals surface area contributed by atoms with Gasteiger partial charge in [-0.05, 0) is 37.4 Å². The van der Waals surface area contributed by atoms with E-state index < -0.39 is 0 Å². The minimum Gasteiger partial charge on any atom is -0.393 e. The minimum atomic E-state index is -0.181. The second-order valence-electron chi connectivity index (χ2n) is 5.55. The van der Waals surface area contributed by atoms with Crippen molar-refractivity contribution in [1.29, 1.82) is 0 Å². The molecule has 1 heterocycles. The van der Waals surface area contributed by atoms with Gasteiger partial charge in [-0.1, -0.05) is 18.2 Å². The third-order valence-corrected chi connectivity index (χ3v) is 3.86. The zero-order chi connectivity index (χ0) is 13.1. The van der Waals surface area contributed by atoms with Crippen LogP contribution in [0.3, 0.4) is 0 Å². The van der Waals surface area contributed by atoms with Gasteiger partial charge in [-0.15, -0.1) is 0 Å². The Hall–Kier alpha value is -1.06. The molecule has 0 amide bonds. The Balaban J connectivity index is 2.02. The summed E-state index contributed by atoms with van der Waals surface area (Å²) in [5.74, 6) is 0.441. The summed E-state index contributed by atoms with van der Waals surface area (Å²) in [5.41, 5.74) is 2.66. The van der Waals surface area contributed by atoms with Crippen molar-refractivity contribution in [3.8, 4) is 0 Å². The lowest BCUT2D eigenvalue weighted by atomic mass is 10.0. The van der Waals surface area contributed by atoms with E-state index in [2.05, 4.69) is 48.2 Å². The van der Waals surface area contributed by atoms with Gasteiger partial charge in [-0.25, -0.2) is 0 Å². The Morgan fingerprint density at radius 2 is 2.11 bits per heavy atom. The van der Waals surface area contributed by atoms with E-state index in [0.717, 1.165) is 26.1 Å². The standard InChI is InChI=1S/C15H24N2O/c1-12(18)13-8-9-17(10-13)11-14-6-4-5-7-15(14)16(2)3/h4-7,12-13,18H,8-11H2,1-3H3. The van der Waals surface area contributed by atoms with Gasteiger partial charge in [0.25, 0.3) is 0 Å². The van der Waals surface area contributed by atoms with Crippen LogP contribution in [0, 0.1) is 5.92 Å². The summed E-state index contributed by atoms with van der Waals surface area (Å²) in [6, 6.07) is 8.55. The predicted octanol–water partition coefficient (Wildman–Crippen LogP) is 1.96. The highest BCUT2D eigenvalue weighted by Crippen LogP contribution is 2.25. The van der Waals surface area contributed by atoms with Crippen LogP contribution in [0.2, 0.25) is 0 Å². The monoisotopic (exact) mass is 248 g/mol. The lowest BCUT2D eigenvalue weighted by Gasteiger charge is -2.22. The van der Waals surface area contributed by atoms with Crippen LogP contribution in [0.15, 0.2) is 24.3 Å². The number of hydrogen-bond acceptors (Lipinski definition) is 3. The van der Waals surface area contributed by atoms with E-state index >= 15 is 0 Å². The molecule has 100 valence electrons. The molecule has 1 fully saturated rings. The SMILES string of the molecule is CC(O)C1CCN(Cc2ccccc2N(C)C)C1. The number of aliphatic hydroxyl groups excluding tert-OH is 1. The third kappa shape index (κ3) is 3.03. The molecule has 0 bridgehead atoms. The van der Waals surface area contributed by atoms with Crippen LogP contribution in [0.25, 0.3) is 0 Å². The second-order valence-corrected chi connectivity index (χ2v) is 5.55. The Bertz CT molecular complexity index is 390. The van der Waals surface area contributed by atoms with Crippen molar-refractivity contribution in [2.45, 2.75) is 26.0 Å². The van der Waals surface area contributed by atoms with E-state index in [1.54, 1.807) is 0 Å². The number of nitrogens with zero attached hydrogens (tertiary/aromatic N) is 2. The molecular formula is C15H24N2O. The highest BCUT2D eigenvalue weighted by Gasteiger charge is 2.26. The first kappa shape index (κ1) is 13.4. The van der Waals surface area contributed by atoms with Crippen LogP contribution in [0.5, 0.6) is 0 Å². The minimum absolute atomic E-state index is 0.181. The summed E-state index contributed by atoms with van der Waals surface area (Å²) in [7, 11) is 4.17. The quantitative estimate of drug-likeness (QED) is 0.882. The number of rotatable bonds is 4. The number of para-hydroxylation sites is 1. The molecule has 0 aliphatic carbocycles. The Morgan fingerprint density at radius 3 is 2.72 bits per heavy atom. The van der Waals surface area contributed by atoms with Gasteiger partial charge in [0, 0.05) is 32.9 Å². The van der Waals surface area contributed by atoms with Crippen molar-refractivity contribution in [1.82, 2.24) is 4.90 Å². The molecule has 2 atom stereocenters. The molecule has 1 aromatic carbocycles. The molecule has 3 heteroatoms. The first-order valence-electron chi connectivity index (χ1n) is 6.73. The largest absolute Gasteiger partial charge is 0.393 e. The van der Waals surface area contributed by atoms with Crippen LogP contribution < -0.4 is 4.90 Å². The average molecular weight is 248 g/mol. The fraction of sp³-hybridized carbons (Fsp3) is 0.600. The normalized spacial score (nSPS) is 22.1. The second kappa shape index (κ2) is 5.72. The van der Waals surface area contributed by atoms with Crippen LogP contribution >= 0.6 is 0 Å². The molecule has 18 heavy (non-hydrogen) atoms. The van der Waals surface area contributed by atoms with Crippen LogP contribution in [0.4, 0.5) is 5.69 Å². The van der Waals surface area contributed by atoms with Crippen molar-refractivity contribution in [3.05, 3.63) is 29.8 Å². The first-order chi connectivity index (χ1) is 8.58. The maximum absolute atomic E-state index is 9.64. The molecule has 0 aromatic heterocycles. The van der Waals surface area contributed by atoms with Gasteiger partial charge in [0.05, 0.1) is 6.10 Å². The van der Waals surface area contributed by atoms with Crippen molar-refractivity contribution in [2.75, 3.05) is 32.1 Å². The number of aliphatic hydroxyl groups is 1. The maximum atomic E-state index is 9.64. The summed E-state index contributed by atoms with van der Waals surface area (Å²) < 4.78 is 0. The molecule has 1 N–H and O–H groups in total. The predicted molar refractivity (Wildman–Crippen MR) is 75.8 cm³/mol. The average Bonchev–Trinajstić information content (AvgIpc) is 2.78. The van der Waals surface area contributed by atoms with E-state index in [1.807, 2.05) is 6.92 Å². The van der Waals surface area contributed by atoms with Crippen molar-refractivity contribution in [2.24, 2.45) is 5.92 Å². The molecule has 0 radical (unpaired) electrons.